The summed E-state index contributed by atoms with van der Waals surface area (Å²) in [5.41, 5.74) is 3.65. The maximum Gasteiger partial charge on any atom is 0.129 e. The van der Waals surface area contributed by atoms with Gasteiger partial charge < -0.3 is 19.3 Å². The normalized spacial score (nSPS) is 10.6. The molecule has 0 aliphatic carbocycles. The summed E-state index contributed by atoms with van der Waals surface area (Å²) < 4.78 is 10.6. The van der Waals surface area contributed by atoms with Gasteiger partial charge in [-0.1, -0.05) is 24.3 Å². The van der Waals surface area contributed by atoms with Crippen molar-refractivity contribution in [3.63, 3.8) is 0 Å². The van der Waals surface area contributed by atoms with Gasteiger partial charge in [0.1, 0.15) is 23.4 Å². The van der Waals surface area contributed by atoms with E-state index in [0.29, 0.717) is 18.7 Å². The molecular weight excluding hydrogens is 400 g/mol. The van der Waals surface area contributed by atoms with Crippen LogP contribution in [0, 0.1) is 11.3 Å². The van der Waals surface area contributed by atoms with E-state index in [9.17, 15) is 5.26 Å². The second-order valence-corrected chi connectivity index (χ2v) is 7.57. The predicted octanol–water partition coefficient (Wildman–Crippen LogP) is 4.71. The van der Waals surface area contributed by atoms with Crippen molar-refractivity contribution in [1.82, 2.24) is 9.88 Å². The molecule has 1 aromatic heterocycles. The average molecular weight is 429 g/mol. The lowest BCUT2D eigenvalue weighted by molar-refractivity contribution is 0.414. The Labute approximate surface area is 189 Å². The first-order valence-corrected chi connectivity index (χ1v) is 10.3. The highest BCUT2D eigenvalue weighted by atomic mass is 16.5. The van der Waals surface area contributed by atoms with Gasteiger partial charge in [-0.25, -0.2) is 4.98 Å². The Hall–Kier alpha value is -3.98. The Morgan fingerprint density at radius 2 is 1.44 bits per heavy atom. The minimum atomic E-state index is 0.542. The van der Waals surface area contributed by atoms with E-state index < -0.39 is 0 Å². The summed E-state index contributed by atoms with van der Waals surface area (Å²) in [4.78, 5) is 8.73. The number of nitrogens with zero attached hydrogens (tertiary/aromatic N) is 4. The first-order chi connectivity index (χ1) is 15.5. The molecule has 32 heavy (non-hydrogen) atoms. The topological polar surface area (TPSA) is 61.6 Å². The van der Waals surface area contributed by atoms with Gasteiger partial charge in [-0.3, -0.25) is 0 Å². The minimum Gasteiger partial charge on any atom is -0.497 e. The van der Waals surface area contributed by atoms with Crippen molar-refractivity contribution in [2.45, 2.75) is 13.1 Å². The number of methoxy groups -OCH3 is 2. The van der Waals surface area contributed by atoms with Crippen LogP contribution in [0.25, 0.3) is 6.08 Å². The van der Waals surface area contributed by atoms with Crippen LogP contribution in [0.1, 0.15) is 22.3 Å². The SMILES string of the molecule is COc1ccc(CN(Cc2ccc(OC)cc2)c2cc(C=CN(C)C)c(C#N)cn2)cc1. The number of aromatic nitrogens is 1. The maximum absolute atomic E-state index is 9.51. The molecule has 0 fully saturated rings. The summed E-state index contributed by atoms with van der Waals surface area (Å²) in [5.74, 6) is 2.44. The number of benzene rings is 2. The highest BCUT2D eigenvalue weighted by Gasteiger charge is 2.13. The van der Waals surface area contributed by atoms with Crippen LogP contribution < -0.4 is 14.4 Å². The van der Waals surface area contributed by atoms with E-state index in [1.807, 2.05) is 61.6 Å². The first kappa shape index (κ1) is 22.7. The van der Waals surface area contributed by atoms with E-state index in [4.69, 9.17) is 9.47 Å². The molecule has 0 amide bonds. The molecule has 1 heterocycles. The summed E-state index contributed by atoms with van der Waals surface area (Å²) in [7, 11) is 7.22. The van der Waals surface area contributed by atoms with Crippen LogP contribution in [0.4, 0.5) is 5.82 Å². The number of pyridine rings is 1. The van der Waals surface area contributed by atoms with E-state index >= 15 is 0 Å². The van der Waals surface area contributed by atoms with Crippen LogP contribution in [0.3, 0.4) is 0 Å². The summed E-state index contributed by atoms with van der Waals surface area (Å²) in [6.45, 7) is 1.32. The van der Waals surface area contributed by atoms with Crippen molar-refractivity contribution in [2.75, 3.05) is 33.2 Å². The van der Waals surface area contributed by atoms with E-state index in [1.54, 1.807) is 20.4 Å². The zero-order valence-corrected chi connectivity index (χ0v) is 18.9. The number of nitriles is 1. The zero-order valence-electron chi connectivity index (χ0n) is 18.9. The molecule has 0 radical (unpaired) electrons. The van der Waals surface area contributed by atoms with Gasteiger partial charge in [0.2, 0.25) is 0 Å². The van der Waals surface area contributed by atoms with Crippen LogP contribution in [-0.4, -0.2) is 38.2 Å². The van der Waals surface area contributed by atoms with Gasteiger partial charge in [0.15, 0.2) is 0 Å². The van der Waals surface area contributed by atoms with Crippen LogP contribution in [0.5, 0.6) is 11.5 Å². The van der Waals surface area contributed by atoms with Crippen LogP contribution in [0.2, 0.25) is 0 Å². The third kappa shape index (κ3) is 6.02. The van der Waals surface area contributed by atoms with Crippen LogP contribution in [-0.2, 0) is 13.1 Å². The number of anilines is 1. The second kappa shape index (κ2) is 10.9. The molecule has 6 nitrogen and oxygen atoms in total. The van der Waals surface area contributed by atoms with Gasteiger partial charge in [0, 0.05) is 33.4 Å². The van der Waals surface area contributed by atoms with Crippen LogP contribution >= 0.6 is 0 Å². The summed E-state index contributed by atoms with van der Waals surface area (Å²) in [6, 6.07) is 20.2. The van der Waals surface area contributed by atoms with Crippen molar-refractivity contribution in [2.24, 2.45) is 0 Å². The van der Waals surface area contributed by atoms with Gasteiger partial charge in [0.05, 0.1) is 19.8 Å². The van der Waals surface area contributed by atoms with Crippen molar-refractivity contribution >= 4 is 11.9 Å². The van der Waals surface area contributed by atoms with E-state index in [0.717, 1.165) is 34.0 Å². The van der Waals surface area contributed by atoms with E-state index in [2.05, 4.69) is 40.2 Å². The lowest BCUT2D eigenvalue weighted by atomic mass is 10.1. The molecule has 164 valence electrons. The quantitative estimate of drug-likeness (QED) is 0.492. The Morgan fingerprint density at radius 1 is 0.906 bits per heavy atom. The van der Waals surface area contributed by atoms with Gasteiger partial charge in [0.25, 0.3) is 0 Å². The number of ether oxygens (including phenoxy) is 2. The summed E-state index contributed by atoms with van der Waals surface area (Å²) in [6.07, 6.45) is 5.50. The maximum atomic E-state index is 9.51. The molecule has 0 bridgehead atoms. The largest absolute Gasteiger partial charge is 0.497 e. The minimum absolute atomic E-state index is 0.542. The van der Waals surface area contributed by atoms with Crippen LogP contribution in [0.15, 0.2) is 67.0 Å². The van der Waals surface area contributed by atoms with E-state index in [1.165, 1.54) is 0 Å². The first-order valence-electron chi connectivity index (χ1n) is 10.3. The Kier molecular flexibility index (Phi) is 7.71. The average Bonchev–Trinajstić information content (AvgIpc) is 2.83. The fourth-order valence-corrected chi connectivity index (χ4v) is 3.21. The lowest BCUT2D eigenvalue weighted by Crippen LogP contribution is -2.23. The zero-order chi connectivity index (χ0) is 22.9. The molecule has 0 atom stereocenters. The smallest absolute Gasteiger partial charge is 0.129 e. The highest BCUT2D eigenvalue weighted by Crippen LogP contribution is 2.24. The standard InChI is InChI=1S/C26H28N4O2/c1-29(2)14-13-22-15-26(28-17-23(22)16-27)30(18-20-5-9-24(31-3)10-6-20)19-21-7-11-25(32-4)12-8-21/h5-15,17H,18-19H2,1-4H3. The second-order valence-electron chi connectivity index (χ2n) is 7.57. The Morgan fingerprint density at radius 3 is 1.88 bits per heavy atom. The third-order valence-electron chi connectivity index (χ3n) is 4.98. The predicted molar refractivity (Wildman–Crippen MR) is 128 cm³/mol. The number of hydrogen-bond donors (Lipinski definition) is 0. The molecular formula is C26H28N4O2. The fraction of sp³-hybridized carbons (Fsp3) is 0.231. The van der Waals surface area contributed by atoms with Gasteiger partial charge in [-0.05, 0) is 59.3 Å². The molecule has 0 N–H and O–H groups in total. The van der Waals surface area contributed by atoms with Crippen molar-refractivity contribution in [1.29, 1.82) is 5.26 Å². The van der Waals surface area contributed by atoms with Gasteiger partial charge in [-0.2, -0.15) is 5.26 Å². The monoisotopic (exact) mass is 428 g/mol. The fourth-order valence-electron chi connectivity index (χ4n) is 3.21. The molecule has 0 unspecified atom stereocenters. The number of rotatable bonds is 9. The highest BCUT2D eigenvalue weighted by molar-refractivity contribution is 5.61. The molecule has 0 saturated heterocycles. The Balaban J connectivity index is 1.96. The number of hydrogen-bond acceptors (Lipinski definition) is 6. The summed E-state index contributed by atoms with van der Waals surface area (Å²) >= 11 is 0. The van der Waals surface area contributed by atoms with Crippen molar-refractivity contribution in [3.05, 3.63) is 89.2 Å². The molecule has 3 aromatic rings. The molecule has 0 saturated carbocycles. The molecule has 2 aromatic carbocycles. The van der Waals surface area contributed by atoms with Crippen molar-refractivity contribution in [3.8, 4) is 17.6 Å². The molecule has 0 aliphatic rings. The van der Waals surface area contributed by atoms with Crippen molar-refractivity contribution < 1.29 is 9.47 Å². The summed E-state index contributed by atoms with van der Waals surface area (Å²) in [5, 5.41) is 9.51. The van der Waals surface area contributed by atoms with E-state index in [-0.39, 0.29) is 0 Å². The van der Waals surface area contributed by atoms with Gasteiger partial charge in [-0.15, -0.1) is 0 Å². The lowest BCUT2D eigenvalue weighted by Gasteiger charge is -2.25. The molecule has 0 aliphatic heterocycles. The third-order valence-corrected chi connectivity index (χ3v) is 4.98. The molecule has 6 heteroatoms. The molecule has 0 spiro atoms. The Bertz CT molecular complexity index is 1030. The molecule has 3 rings (SSSR count). The van der Waals surface area contributed by atoms with Gasteiger partial charge >= 0.3 is 0 Å².